The van der Waals surface area contributed by atoms with Crippen LogP contribution in [0.4, 0.5) is 10.5 Å². The second-order valence-electron chi connectivity index (χ2n) is 6.84. The predicted molar refractivity (Wildman–Crippen MR) is 132 cm³/mol. The zero-order chi connectivity index (χ0) is 23.5. The number of benzene rings is 3. The van der Waals surface area contributed by atoms with Gasteiger partial charge in [0.2, 0.25) is 0 Å². The van der Waals surface area contributed by atoms with E-state index in [1.54, 1.807) is 54.6 Å². The van der Waals surface area contributed by atoms with Gasteiger partial charge in [-0.15, -0.1) is 0 Å². The maximum Gasteiger partial charge on any atom is 0.298 e. The maximum atomic E-state index is 12.9. The number of para-hydroxylation sites is 1. The molecule has 1 saturated heterocycles. The Morgan fingerprint density at radius 1 is 0.970 bits per heavy atom. The Morgan fingerprint density at radius 3 is 2.33 bits per heavy atom. The molecule has 1 heterocycles. The first kappa shape index (κ1) is 23.2. The van der Waals surface area contributed by atoms with Crippen LogP contribution in [0.15, 0.2) is 65.6 Å². The molecule has 5 nitrogen and oxygen atoms in total. The molecule has 0 N–H and O–H groups in total. The summed E-state index contributed by atoms with van der Waals surface area (Å²) in [7, 11) is 0. The number of rotatable bonds is 5. The van der Waals surface area contributed by atoms with Crippen LogP contribution in [-0.4, -0.2) is 11.1 Å². The van der Waals surface area contributed by atoms with Crippen molar-refractivity contribution in [3.8, 4) is 11.8 Å². The van der Waals surface area contributed by atoms with Gasteiger partial charge in [0.1, 0.15) is 6.61 Å². The monoisotopic (exact) mass is 514 g/mol. The second kappa shape index (κ2) is 9.90. The van der Waals surface area contributed by atoms with Gasteiger partial charge in [-0.3, -0.25) is 9.59 Å². The number of carbonyl (C=O) groups excluding carboxylic acids is 2. The number of anilines is 1. The molecule has 3 aromatic carbocycles. The van der Waals surface area contributed by atoms with Crippen LogP contribution >= 0.6 is 46.6 Å². The molecule has 1 aliphatic rings. The number of nitrogens with zero attached hydrogens (tertiary/aromatic N) is 2. The molecular formula is C24H13Cl3N2O3S. The van der Waals surface area contributed by atoms with Gasteiger partial charge in [-0.25, -0.2) is 4.90 Å². The molecule has 3 aromatic rings. The standard InChI is InChI=1S/C24H13Cl3N2O3S/c25-17-7-3-4-8-20(17)29-23(30)21(33-24(29)31)11-14-9-18(26)22(19(27)10-14)32-13-16-6-2-1-5-15(16)12-28/h1-11H,13H2/b21-11-. The summed E-state index contributed by atoms with van der Waals surface area (Å²) >= 11 is 19.7. The lowest BCUT2D eigenvalue weighted by atomic mass is 10.1. The van der Waals surface area contributed by atoms with Gasteiger partial charge in [0.05, 0.1) is 37.3 Å². The second-order valence-corrected chi connectivity index (χ2v) is 9.05. The highest BCUT2D eigenvalue weighted by Crippen LogP contribution is 2.40. The van der Waals surface area contributed by atoms with E-state index in [0.29, 0.717) is 27.4 Å². The van der Waals surface area contributed by atoms with Gasteiger partial charge < -0.3 is 4.74 Å². The van der Waals surface area contributed by atoms with Gasteiger partial charge in [0.15, 0.2) is 5.75 Å². The third kappa shape index (κ3) is 4.87. The molecule has 9 heteroatoms. The van der Waals surface area contributed by atoms with E-state index in [9.17, 15) is 14.9 Å². The SMILES string of the molecule is N#Cc1ccccc1COc1c(Cl)cc(/C=C2\SC(=O)N(c3ccccc3Cl)C2=O)cc1Cl. The van der Waals surface area contributed by atoms with Crippen molar-refractivity contribution in [3.63, 3.8) is 0 Å². The highest BCUT2D eigenvalue weighted by Gasteiger charge is 2.37. The summed E-state index contributed by atoms with van der Waals surface area (Å²) in [6.07, 6.45) is 1.54. The Hall–Kier alpha value is -2.95. The molecule has 4 rings (SSSR count). The van der Waals surface area contributed by atoms with Crippen molar-refractivity contribution >= 4 is 69.5 Å². The topological polar surface area (TPSA) is 70.4 Å². The molecule has 0 radical (unpaired) electrons. The summed E-state index contributed by atoms with van der Waals surface area (Å²) in [5.41, 5.74) is 2.04. The van der Waals surface area contributed by atoms with Crippen LogP contribution in [-0.2, 0) is 11.4 Å². The quantitative estimate of drug-likeness (QED) is 0.332. The minimum absolute atomic E-state index is 0.110. The summed E-state index contributed by atoms with van der Waals surface area (Å²) in [4.78, 5) is 26.6. The number of halogens is 3. The minimum atomic E-state index is -0.487. The Balaban J connectivity index is 1.57. The maximum absolute atomic E-state index is 12.9. The largest absolute Gasteiger partial charge is 0.486 e. The molecule has 0 spiro atoms. The minimum Gasteiger partial charge on any atom is -0.486 e. The van der Waals surface area contributed by atoms with Crippen LogP contribution in [0.5, 0.6) is 5.75 Å². The molecule has 0 aliphatic carbocycles. The number of ether oxygens (including phenoxy) is 1. The van der Waals surface area contributed by atoms with Gasteiger partial charge in [-0.05, 0) is 53.7 Å². The molecule has 0 atom stereocenters. The Morgan fingerprint density at radius 2 is 1.64 bits per heavy atom. The number of hydrogen-bond acceptors (Lipinski definition) is 5. The molecule has 33 heavy (non-hydrogen) atoms. The number of thioether (sulfide) groups is 1. The third-order valence-corrected chi connectivity index (χ3v) is 6.47. The van der Waals surface area contributed by atoms with Crippen molar-refractivity contribution in [2.75, 3.05) is 4.90 Å². The van der Waals surface area contributed by atoms with Crippen molar-refractivity contribution in [2.45, 2.75) is 6.61 Å². The first-order chi connectivity index (χ1) is 15.9. The predicted octanol–water partition coefficient (Wildman–Crippen LogP) is 7.34. The van der Waals surface area contributed by atoms with Gasteiger partial charge in [0.25, 0.3) is 11.1 Å². The van der Waals surface area contributed by atoms with Gasteiger partial charge >= 0.3 is 0 Å². The lowest BCUT2D eigenvalue weighted by Gasteiger charge is -2.13. The van der Waals surface area contributed by atoms with E-state index in [1.165, 1.54) is 6.08 Å². The molecule has 0 saturated carbocycles. The number of nitriles is 1. The molecular weight excluding hydrogens is 503 g/mol. The number of hydrogen-bond donors (Lipinski definition) is 0. The number of amides is 2. The van der Waals surface area contributed by atoms with E-state index in [2.05, 4.69) is 6.07 Å². The van der Waals surface area contributed by atoms with E-state index in [0.717, 1.165) is 16.7 Å². The Bertz CT molecular complexity index is 1330. The van der Waals surface area contributed by atoms with Crippen LogP contribution in [0, 0.1) is 11.3 Å². The van der Waals surface area contributed by atoms with Crippen LogP contribution in [0.3, 0.4) is 0 Å². The highest BCUT2D eigenvalue weighted by atomic mass is 35.5. The van der Waals surface area contributed by atoms with Crippen LogP contribution in [0.1, 0.15) is 16.7 Å². The van der Waals surface area contributed by atoms with Gasteiger partial charge in [0, 0.05) is 5.56 Å². The molecule has 1 aliphatic heterocycles. The van der Waals surface area contributed by atoms with Crippen molar-refractivity contribution in [3.05, 3.63) is 97.3 Å². The first-order valence-electron chi connectivity index (χ1n) is 9.51. The zero-order valence-electron chi connectivity index (χ0n) is 16.7. The van der Waals surface area contributed by atoms with Gasteiger partial charge in [-0.2, -0.15) is 5.26 Å². The number of carbonyl (C=O) groups is 2. The third-order valence-electron chi connectivity index (χ3n) is 4.72. The molecule has 0 aromatic heterocycles. The summed E-state index contributed by atoms with van der Waals surface area (Å²) in [6.45, 7) is 0.110. The van der Waals surface area contributed by atoms with Crippen molar-refractivity contribution in [1.29, 1.82) is 5.26 Å². The molecule has 0 unspecified atom stereocenters. The fraction of sp³-hybridized carbons (Fsp3) is 0.0417. The van der Waals surface area contributed by atoms with E-state index in [1.807, 2.05) is 6.07 Å². The summed E-state index contributed by atoms with van der Waals surface area (Å²) in [5, 5.41) is 9.52. The van der Waals surface area contributed by atoms with E-state index >= 15 is 0 Å². The van der Waals surface area contributed by atoms with Crippen LogP contribution in [0.2, 0.25) is 15.1 Å². The number of imide groups is 1. The Labute approximate surface area is 209 Å². The first-order valence-corrected chi connectivity index (χ1v) is 11.5. The molecule has 1 fully saturated rings. The Kier molecular flexibility index (Phi) is 6.96. The average molecular weight is 516 g/mol. The van der Waals surface area contributed by atoms with Gasteiger partial charge in [-0.1, -0.05) is 65.1 Å². The van der Waals surface area contributed by atoms with E-state index < -0.39 is 11.1 Å². The molecule has 2 amide bonds. The van der Waals surface area contributed by atoms with E-state index in [-0.39, 0.29) is 27.3 Å². The van der Waals surface area contributed by atoms with Crippen molar-refractivity contribution < 1.29 is 14.3 Å². The van der Waals surface area contributed by atoms with Crippen molar-refractivity contribution in [2.24, 2.45) is 0 Å². The fourth-order valence-corrected chi connectivity index (χ4v) is 4.83. The van der Waals surface area contributed by atoms with Crippen LogP contribution < -0.4 is 9.64 Å². The average Bonchev–Trinajstić information content (AvgIpc) is 3.06. The summed E-state index contributed by atoms with van der Waals surface area (Å²) in [6, 6.07) is 19.0. The van der Waals surface area contributed by atoms with E-state index in [4.69, 9.17) is 39.5 Å². The summed E-state index contributed by atoms with van der Waals surface area (Å²) < 4.78 is 5.76. The van der Waals surface area contributed by atoms with Crippen molar-refractivity contribution in [1.82, 2.24) is 0 Å². The highest BCUT2D eigenvalue weighted by molar-refractivity contribution is 8.19. The van der Waals surface area contributed by atoms with Crippen LogP contribution in [0.25, 0.3) is 6.08 Å². The zero-order valence-corrected chi connectivity index (χ0v) is 19.8. The smallest absolute Gasteiger partial charge is 0.298 e. The normalized spacial score (nSPS) is 14.6. The molecule has 0 bridgehead atoms. The molecule has 164 valence electrons. The lowest BCUT2D eigenvalue weighted by molar-refractivity contribution is -0.113. The summed E-state index contributed by atoms with van der Waals surface area (Å²) in [5.74, 6) is -0.230. The fourth-order valence-electron chi connectivity index (χ4n) is 3.17. The lowest BCUT2D eigenvalue weighted by Crippen LogP contribution is -2.27.